The Morgan fingerprint density at radius 2 is 1.64 bits per heavy atom. The maximum absolute atomic E-state index is 6.30. The van der Waals surface area contributed by atoms with Crippen molar-refractivity contribution < 1.29 is 8.85 Å². The lowest BCUT2D eigenvalue weighted by atomic mass is 10.2. The molecule has 1 aliphatic rings. The normalized spacial score (nSPS) is 16.9. The number of hydrogen-bond acceptors (Lipinski definition) is 4. The molecule has 1 saturated heterocycles. The van der Waals surface area contributed by atoms with Crippen molar-refractivity contribution in [2.45, 2.75) is 26.3 Å². The molecule has 2 rings (SSSR count). The summed E-state index contributed by atoms with van der Waals surface area (Å²) in [6.07, 6.45) is 3.00. The third-order valence-electron chi connectivity index (χ3n) is 4.92. The highest BCUT2D eigenvalue weighted by Crippen LogP contribution is 2.18. The molecule has 0 bridgehead atoms. The van der Waals surface area contributed by atoms with E-state index >= 15 is 0 Å². The van der Waals surface area contributed by atoms with Crippen molar-refractivity contribution >= 4 is 19.8 Å². The summed E-state index contributed by atoms with van der Waals surface area (Å²) in [5.74, 6) is 0. The van der Waals surface area contributed by atoms with E-state index in [4.69, 9.17) is 8.85 Å². The molecule has 0 spiro atoms. The first-order valence-electron chi connectivity index (χ1n) is 9.55. The molecule has 0 aliphatic carbocycles. The monoisotopic (exact) mass is 362 g/mol. The molecule has 0 N–H and O–H groups in total. The zero-order valence-corrected chi connectivity index (χ0v) is 17.2. The van der Waals surface area contributed by atoms with Gasteiger partial charge in [0.15, 0.2) is 0 Å². The van der Waals surface area contributed by atoms with Gasteiger partial charge < -0.3 is 18.7 Å². The van der Waals surface area contributed by atoms with E-state index in [1.807, 2.05) is 6.08 Å². The van der Waals surface area contributed by atoms with Gasteiger partial charge in [-0.15, -0.1) is 0 Å². The summed E-state index contributed by atoms with van der Waals surface area (Å²) in [5, 5.41) is 1.24. The fourth-order valence-corrected chi connectivity index (χ4v) is 6.67. The Morgan fingerprint density at radius 1 is 1.04 bits per heavy atom. The Labute approximate surface area is 154 Å². The molecule has 4 nitrogen and oxygen atoms in total. The van der Waals surface area contributed by atoms with Gasteiger partial charge in [-0.25, -0.2) is 0 Å². The maximum Gasteiger partial charge on any atom is 0.372 e. The summed E-state index contributed by atoms with van der Waals surface area (Å²) in [7, 11) is -0.176. The van der Waals surface area contributed by atoms with Crippen LogP contribution in [0.15, 0.2) is 30.8 Å². The molecule has 1 aliphatic heterocycles. The van der Waals surface area contributed by atoms with Crippen molar-refractivity contribution in [2.24, 2.45) is 0 Å². The topological polar surface area (TPSA) is 24.9 Å². The quantitative estimate of drug-likeness (QED) is 0.598. The van der Waals surface area contributed by atoms with E-state index in [0.29, 0.717) is 13.2 Å². The van der Waals surface area contributed by atoms with Gasteiger partial charge in [0.2, 0.25) is 0 Å². The number of nitrogens with zero attached hydrogens (tertiary/aromatic N) is 2. The van der Waals surface area contributed by atoms with Crippen LogP contribution in [0.4, 0.5) is 0 Å². The molecule has 1 aromatic carbocycles. The van der Waals surface area contributed by atoms with Crippen LogP contribution in [-0.4, -0.2) is 71.3 Å². The van der Waals surface area contributed by atoms with Gasteiger partial charge in [-0.2, -0.15) is 0 Å². The SMILES string of the molecule is C=Cc1ccc([Si](CCCN2CCN(C)CC2)(OCC)OCC)cc1. The second kappa shape index (κ2) is 10.2. The highest BCUT2D eigenvalue weighted by Gasteiger charge is 2.39. The van der Waals surface area contributed by atoms with E-state index in [9.17, 15) is 0 Å². The first-order valence-corrected chi connectivity index (χ1v) is 11.6. The highest BCUT2D eigenvalue weighted by molar-refractivity contribution is 6.81. The van der Waals surface area contributed by atoms with E-state index < -0.39 is 8.56 Å². The number of likely N-dealkylation sites (N-methyl/N-ethyl adjacent to an activating group) is 1. The lowest BCUT2D eigenvalue weighted by molar-refractivity contribution is 0.151. The van der Waals surface area contributed by atoms with Gasteiger partial charge in [0.1, 0.15) is 0 Å². The van der Waals surface area contributed by atoms with E-state index in [-0.39, 0.29) is 0 Å². The average Bonchev–Trinajstić information content (AvgIpc) is 2.64. The summed E-state index contributed by atoms with van der Waals surface area (Å²) in [5.41, 5.74) is 1.14. The van der Waals surface area contributed by atoms with E-state index in [1.54, 1.807) is 0 Å². The molecule has 140 valence electrons. The molecule has 0 radical (unpaired) electrons. The minimum Gasteiger partial charge on any atom is -0.391 e. The Kier molecular flexibility index (Phi) is 8.32. The number of hydrogen-bond donors (Lipinski definition) is 0. The summed E-state index contributed by atoms with van der Waals surface area (Å²) in [4.78, 5) is 4.97. The smallest absolute Gasteiger partial charge is 0.372 e. The Balaban J connectivity index is 2.04. The Hall–Kier alpha value is -0.983. The fraction of sp³-hybridized carbons (Fsp3) is 0.600. The molecule has 0 unspecified atom stereocenters. The summed E-state index contributed by atoms with van der Waals surface area (Å²) in [6, 6.07) is 9.58. The number of benzene rings is 1. The van der Waals surface area contributed by atoms with Crippen molar-refractivity contribution in [3.05, 3.63) is 36.4 Å². The molecule has 0 amide bonds. The summed E-state index contributed by atoms with van der Waals surface area (Å²) < 4.78 is 12.6. The van der Waals surface area contributed by atoms with Crippen LogP contribution >= 0.6 is 0 Å². The van der Waals surface area contributed by atoms with Gasteiger partial charge in [0.25, 0.3) is 0 Å². The predicted molar refractivity (Wildman–Crippen MR) is 109 cm³/mol. The molecule has 0 aromatic heterocycles. The van der Waals surface area contributed by atoms with Gasteiger partial charge in [-0.05, 0) is 50.7 Å². The lowest BCUT2D eigenvalue weighted by Crippen LogP contribution is -2.54. The molecule has 1 fully saturated rings. The van der Waals surface area contributed by atoms with Crippen LogP contribution in [0.5, 0.6) is 0 Å². The number of piperazine rings is 1. The maximum atomic E-state index is 6.30. The molecular weight excluding hydrogens is 328 g/mol. The van der Waals surface area contributed by atoms with Crippen molar-refractivity contribution in [3.63, 3.8) is 0 Å². The predicted octanol–water partition coefficient (Wildman–Crippen LogP) is 2.69. The third kappa shape index (κ3) is 5.76. The van der Waals surface area contributed by atoms with Crippen molar-refractivity contribution in [2.75, 3.05) is 53.0 Å². The van der Waals surface area contributed by atoms with Gasteiger partial charge in [-0.1, -0.05) is 36.9 Å². The molecule has 0 saturated carbocycles. The minimum atomic E-state index is -2.38. The second-order valence-corrected chi connectivity index (χ2v) is 9.85. The van der Waals surface area contributed by atoms with E-state index in [1.165, 1.54) is 31.4 Å². The van der Waals surface area contributed by atoms with Crippen LogP contribution < -0.4 is 5.19 Å². The fourth-order valence-electron chi connectivity index (χ4n) is 3.44. The zero-order chi connectivity index (χ0) is 18.1. The van der Waals surface area contributed by atoms with E-state index in [2.05, 4.69) is 61.5 Å². The zero-order valence-electron chi connectivity index (χ0n) is 16.2. The van der Waals surface area contributed by atoms with Crippen LogP contribution in [0.1, 0.15) is 25.8 Å². The van der Waals surface area contributed by atoms with Crippen LogP contribution in [0.25, 0.3) is 6.08 Å². The summed E-state index contributed by atoms with van der Waals surface area (Å²) >= 11 is 0. The molecular formula is C20H34N2O2Si. The molecule has 1 aromatic rings. The molecule has 0 atom stereocenters. The lowest BCUT2D eigenvalue weighted by Gasteiger charge is -2.34. The largest absolute Gasteiger partial charge is 0.391 e. The first-order chi connectivity index (χ1) is 12.1. The molecule has 25 heavy (non-hydrogen) atoms. The summed E-state index contributed by atoms with van der Waals surface area (Å²) in [6.45, 7) is 15.2. The number of rotatable bonds is 10. The van der Waals surface area contributed by atoms with Crippen LogP contribution in [-0.2, 0) is 8.85 Å². The van der Waals surface area contributed by atoms with Gasteiger partial charge in [0, 0.05) is 39.4 Å². The Bertz CT molecular complexity index is 507. The first kappa shape index (κ1) is 20.3. The second-order valence-electron chi connectivity index (χ2n) is 6.69. The van der Waals surface area contributed by atoms with Gasteiger partial charge >= 0.3 is 8.56 Å². The highest BCUT2D eigenvalue weighted by atomic mass is 28.4. The van der Waals surface area contributed by atoms with Gasteiger partial charge in [0.05, 0.1) is 0 Å². The van der Waals surface area contributed by atoms with Gasteiger partial charge in [-0.3, -0.25) is 0 Å². The average molecular weight is 363 g/mol. The third-order valence-corrected chi connectivity index (χ3v) is 8.65. The standard InChI is InChI=1S/C20H34N2O2Si/c1-5-19-9-11-20(12-10-19)25(23-6-2,24-7-3)18-8-13-22-16-14-21(4)15-17-22/h5,9-12H,1,6-8,13-18H2,2-4H3. The molecule has 5 heteroatoms. The van der Waals surface area contributed by atoms with Crippen molar-refractivity contribution in [1.29, 1.82) is 0 Å². The molecule has 1 heterocycles. The van der Waals surface area contributed by atoms with Crippen molar-refractivity contribution in [1.82, 2.24) is 9.80 Å². The minimum absolute atomic E-state index is 0.698. The van der Waals surface area contributed by atoms with Crippen LogP contribution in [0, 0.1) is 0 Å². The van der Waals surface area contributed by atoms with E-state index in [0.717, 1.165) is 24.6 Å². The Morgan fingerprint density at radius 3 is 2.16 bits per heavy atom. The van der Waals surface area contributed by atoms with Crippen molar-refractivity contribution in [3.8, 4) is 0 Å². The van der Waals surface area contributed by atoms with Crippen LogP contribution in [0.2, 0.25) is 6.04 Å². The van der Waals surface area contributed by atoms with Crippen LogP contribution in [0.3, 0.4) is 0 Å².